The Bertz CT molecular complexity index is 939. The summed E-state index contributed by atoms with van der Waals surface area (Å²) >= 11 is 7.21. The average Bonchev–Trinajstić information content (AvgIpc) is 3.14. The fourth-order valence-electron chi connectivity index (χ4n) is 2.66. The number of H-pyrrole nitrogens is 1. The molecule has 8 heteroatoms. The molecule has 1 atom stereocenters. The zero-order chi connectivity index (χ0) is 16.0. The lowest BCUT2D eigenvalue weighted by Crippen LogP contribution is -2.39. The Hall–Kier alpha value is -2.38. The van der Waals surface area contributed by atoms with Crippen molar-refractivity contribution in [3.05, 3.63) is 56.2 Å². The molecule has 4 rings (SSSR count). The molecule has 2 aromatic heterocycles. The predicted molar refractivity (Wildman–Crippen MR) is 85.1 cm³/mol. The molecule has 116 valence electrons. The topological polar surface area (TPSA) is 79.1 Å². The van der Waals surface area contributed by atoms with Crippen LogP contribution in [0.15, 0.2) is 41.3 Å². The van der Waals surface area contributed by atoms with Gasteiger partial charge in [0.1, 0.15) is 6.61 Å². The third-order valence-electron chi connectivity index (χ3n) is 3.69. The molecule has 0 fully saturated rings. The van der Waals surface area contributed by atoms with Crippen molar-refractivity contribution >= 4 is 22.9 Å². The maximum Gasteiger partial charge on any atom is 0.460 e. The quantitative estimate of drug-likeness (QED) is 0.695. The number of aromatic amines is 1. The molecule has 0 amide bonds. The molecular formula is C15H11ClN3O3S+. The minimum atomic E-state index is -0.400. The van der Waals surface area contributed by atoms with Gasteiger partial charge in [-0.15, -0.1) is 11.3 Å². The molecule has 3 aromatic rings. The van der Waals surface area contributed by atoms with Crippen molar-refractivity contribution in [2.24, 2.45) is 0 Å². The van der Waals surface area contributed by atoms with Gasteiger partial charge in [-0.2, -0.15) is 9.55 Å². The summed E-state index contributed by atoms with van der Waals surface area (Å²) in [7, 11) is 0. The first-order chi connectivity index (χ1) is 11.1. The zero-order valence-electron chi connectivity index (χ0n) is 11.7. The van der Waals surface area contributed by atoms with Crippen LogP contribution in [0.2, 0.25) is 4.47 Å². The highest BCUT2D eigenvalue weighted by Crippen LogP contribution is 2.32. The smallest absolute Gasteiger partial charge is 0.460 e. The van der Waals surface area contributed by atoms with Crippen LogP contribution < -0.4 is 14.9 Å². The monoisotopic (exact) mass is 348 g/mol. The summed E-state index contributed by atoms with van der Waals surface area (Å²) in [6.45, 7) is 0.292. The Kier molecular flexibility index (Phi) is 3.32. The molecule has 0 spiro atoms. The molecular weight excluding hydrogens is 338 g/mol. The van der Waals surface area contributed by atoms with Gasteiger partial charge in [-0.3, -0.25) is 0 Å². The van der Waals surface area contributed by atoms with Gasteiger partial charge in [-0.25, -0.2) is 9.78 Å². The number of thiazole rings is 1. The van der Waals surface area contributed by atoms with E-state index in [4.69, 9.17) is 16.3 Å². The summed E-state index contributed by atoms with van der Waals surface area (Å²) in [4.78, 5) is 19.9. The number of fused-ring (bicyclic) bond motifs is 1. The van der Waals surface area contributed by atoms with E-state index in [0.717, 1.165) is 4.88 Å². The standard InChI is InChI=1S/C15H10ClN3O3S/c16-14-17-6-10(23-14)9-7-22-15-18-12(20)11(13(21)19(9)15)8-4-2-1-3-5-8/h1-6,9H,7H2,(H,20,21)/p+1. The van der Waals surface area contributed by atoms with Crippen LogP contribution in [0.4, 0.5) is 0 Å². The van der Waals surface area contributed by atoms with E-state index in [1.807, 2.05) is 18.2 Å². The Morgan fingerprint density at radius 2 is 2.17 bits per heavy atom. The average molecular weight is 349 g/mol. The highest BCUT2D eigenvalue weighted by Gasteiger charge is 2.39. The number of nitrogens with one attached hydrogen (secondary N) is 1. The third kappa shape index (κ3) is 2.29. The fourth-order valence-corrected chi connectivity index (χ4v) is 3.69. The molecule has 23 heavy (non-hydrogen) atoms. The summed E-state index contributed by atoms with van der Waals surface area (Å²) in [6.07, 6.45) is 1.65. The van der Waals surface area contributed by atoms with E-state index < -0.39 is 5.56 Å². The molecule has 1 aliphatic rings. The maximum absolute atomic E-state index is 12.3. The first kappa shape index (κ1) is 14.2. The van der Waals surface area contributed by atoms with Gasteiger partial charge in [0.25, 0.3) is 0 Å². The second-order valence-electron chi connectivity index (χ2n) is 5.04. The van der Waals surface area contributed by atoms with Crippen molar-refractivity contribution in [1.82, 2.24) is 9.97 Å². The van der Waals surface area contributed by atoms with Crippen LogP contribution in [0.5, 0.6) is 11.9 Å². The van der Waals surface area contributed by atoms with E-state index in [2.05, 4.69) is 9.97 Å². The van der Waals surface area contributed by atoms with Gasteiger partial charge in [-0.05, 0) is 5.56 Å². The number of nitrogens with zero attached hydrogens (tertiary/aromatic N) is 2. The zero-order valence-corrected chi connectivity index (χ0v) is 13.3. The number of halogens is 1. The minimum Gasteiger partial charge on any atom is -0.477 e. The van der Waals surface area contributed by atoms with Crippen LogP contribution in [0, 0.1) is 0 Å². The highest BCUT2D eigenvalue weighted by molar-refractivity contribution is 7.15. The SMILES string of the molecule is O=c1[nH]c2[n+](c(O)c1-c1ccccc1)C(c1cnc(Cl)s1)CO2. The number of aromatic nitrogens is 3. The van der Waals surface area contributed by atoms with E-state index >= 15 is 0 Å². The molecule has 6 nitrogen and oxygen atoms in total. The van der Waals surface area contributed by atoms with Crippen molar-refractivity contribution in [3.8, 4) is 23.0 Å². The molecule has 3 heterocycles. The Morgan fingerprint density at radius 1 is 1.39 bits per heavy atom. The van der Waals surface area contributed by atoms with E-state index in [1.54, 1.807) is 22.9 Å². The second kappa shape index (κ2) is 5.36. The molecule has 0 aliphatic carbocycles. The third-order valence-corrected chi connectivity index (χ3v) is 4.91. The summed E-state index contributed by atoms with van der Waals surface area (Å²) in [5.74, 6) is -0.137. The number of hydrogen-bond acceptors (Lipinski definition) is 5. The first-order valence-electron chi connectivity index (χ1n) is 6.85. The van der Waals surface area contributed by atoms with Crippen molar-refractivity contribution in [2.45, 2.75) is 6.04 Å². The molecule has 1 unspecified atom stereocenters. The Balaban J connectivity index is 1.92. The van der Waals surface area contributed by atoms with E-state index in [1.165, 1.54) is 11.3 Å². The van der Waals surface area contributed by atoms with Crippen LogP contribution in [0.1, 0.15) is 10.9 Å². The lowest BCUT2D eigenvalue weighted by atomic mass is 10.1. The van der Waals surface area contributed by atoms with Gasteiger partial charge in [0, 0.05) is 6.20 Å². The maximum atomic E-state index is 12.3. The van der Waals surface area contributed by atoms with Gasteiger partial charge in [0.15, 0.2) is 16.1 Å². The van der Waals surface area contributed by atoms with Crippen molar-refractivity contribution in [3.63, 3.8) is 0 Å². The van der Waals surface area contributed by atoms with Crippen molar-refractivity contribution in [1.29, 1.82) is 0 Å². The second-order valence-corrected chi connectivity index (χ2v) is 6.68. The van der Waals surface area contributed by atoms with Crippen LogP contribution in [-0.2, 0) is 0 Å². The summed E-state index contributed by atoms with van der Waals surface area (Å²) in [5.41, 5.74) is 0.443. The van der Waals surface area contributed by atoms with Crippen LogP contribution in [0.25, 0.3) is 11.1 Å². The number of aromatic hydroxyl groups is 1. The molecule has 0 saturated heterocycles. The molecule has 1 aliphatic heterocycles. The van der Waals surface area contributed by atoms with Crippen LogP contribution >= 0.6 is 22.9 Å². The van der Waals surface area contributed by atoms with Gasteiger partial charge >= 0.3 is 17.4 Å². The van der Waals surface area contributed by atoms with E-state index in [-0.39, 0.29) is 23.5 Å². The number of ether oxygens (including phenoxy) is 1. The summed E-state index contributed by atoms with van der Waals surface area (Å²) in [6, 6.07) is 8.94. The van der Waals surface area contributed by atoms with Gasteiger partial charge in [0.2, 0.25) is 0 Å². The fraction of sp³-hybridized carbons (Fsp3) is 0.133. The lowest BCUT2D eigenvalue weighted by molar-refractivity contribution is -0.703. The van der Waals surface area contributed by atoms with Gasteiger partial charge in [0.05, 0.1) is 4.88 Å². The van der Waals surface area contributed by atoms with Crippen molar-refractivity contribution in [2.75, 3.05) is 6.61 Å². The summed E-state index contributed by atoms with van der Waals surface area (Å²) < 4.78 is 7.49. The first-order valence-corrected chi connectivity index (χ1v) is 8.05. The summed E-state index contributed by atoms with van der Waals surface area (Å²) in [5, 5.41) is 10.7. The predicted octanol–water partition coefficient (Wildman–Crippen LogP) is 2.13. The Labute approximate surface area is 139 Å². The van der Waals surface area contributed by atoms with Crippen LogP contribution in [-0.4, -0.2) is 21.7 Å². The highest BCUT2D eigenvalue weighted by atomic mass is 35.5. The molecule has 0 radical (unpaired) electrons. The normalized spacial score (nSPS) is 16.1. The molecule has 2 N–H and O–H groups in total. The number of hydrogen-bond donors (Lipinski definition) is 2. The molecule has 0 saturated carbocycles. The van der Waals surface area contributed by atoms with E-state index in [9.17, 15) is 9.90 Å². The molecule has 0 bridgehead atoms. The Morgan fingerprint density at radius 3 is 2.87 bits per heavy atom. The number of rotatable bonds is 2. The minimum absolute atomic E-state index is 0.137. The molecule has 1 aromatic carbocycles. The largest absolute Gasteiger partial charge is 0.477 e. The number of benzene rings is 1. The van der Waals surface area contributed by atoms with E-state index in [0.29, 0.717) is 16.6 Å². The van der Waals surface area contributed by atoms with Crippen LogP contribution in [0.3, 0.4) is 0 Å². The van der Waals surface area contributed by atoms with Gasteiger partial charge in [-0.1, -0.05) is 41.9 Å². The van der Waals surface area contributed by atoms with Gasteiger partial charge < -0.3 is 9.84 Å². The van der Waals surface area contributed by atoms with Crippen molar-refractivity contribution < 1.29 is 14.4 Å². The lowest BCUT2D eigenvalue weighted by Gasteiger charge is -2.07.